The Morgan fingerprint density at radius 1 is 1.00 bits per heavy atom. The molecule has 1 unspecified atom stereocenters. The summed E-state index contributed by atoms with van der Waals surface area (Å²) in [6, 6.07) is 8.04. The van der Waals surface area contributed by atoms with Gasteiger partial charge in [0.2, 0.25) is 5.90 Å². The fraction of sp³-hybridized carbons (Fsp3) is 0.278. The lowest BCUT2D eigenvalue weighted by Gasteiger charge is -2.31. The van der Waals surface area contributed by atoms with Crippen LogP contribution in [0.1, 0.15) is 22.3 Å². The Hall–Kier alpha value is -1.76. The number of nitrogens with zero attached hydrogens (tertiary/aromatic N) is 1. The molecule has 0 amide bonds. The van der Waals surface area contributed by atoms with Crippen molar-refractivity contribution in [2.24, 2.45) is 4.99 Å². The lowest BCUT2D eigenvalue weighted by molar-refractivity contribution is -0.350. The van der Waals surface area contributed by atoms with Gasteiger partial charge in [0.05, 0.1) is 0 Å². The zero-order valence-corrected chi connectivity index (χ0v) is 15.7. The fourth-order valence-electron chi connectivity index (χ4n) is 2.28. The minimum Gasteiger partial charge on any atom is -0.432 e. The van der Waals surface area contributed by atoms with E-state index >= 15 is 0 Å². The van der Waals surface area contributed by atoms with Gasteiger partial charge in [0.25, 0.3) is 0 Å². The number of aliphatic hydroxyl groups is 1. The van der Waals surface area contributed by atoms with Crippen molar-refractivity contribution in [3.05, 3.63) is 68.7 Å². The molecule has 0 saturated carbocycles. The largest absolute Gasteiger partial charge is 0.460 e. The first-order valence-corrected chi connectivity index (χ1v) is 8.22. The Morgan fingerprint density at radius 2 is 1.58 bits per heavy atom. The van der Waals surface area contributed by atoms with E-state index in [4.69, 9.17) is 27.9 Å². The predicted molar refractivity (Wildman–Crippen MR) is 95.9 cm³/mol. The van der Waals surface area contributed by atoms with E-state index in [1.165, 1.54) is 13.1 Å². The van der Waals surface area contributed by atoms with E-state index in [-0.39, 0.29) is 15.9 Å². The topological polar surface area (TPSA) is 41.8 Å². The van der Waals surface area contributed by atoms with Gasteiger partial charge in [0, 0.05) is 28.2 Å². The van der Waals surface area contributed by atoms with Crippen molar-refractivity contribution in [3.8, 4) is 0 Å². The van der Waals surface area contributed by atoms with E-state index in [0.29, 0.717) is 5.56 Å². The second-order valence-corrected chi connectivity index (χ2v) is 6.60. The van der Waals surface area contributed by atoms with Crippen LogP contribution in [0.25, 0.3) is 0 Å². The molecule has 0 saturated heterocycles. The Balaban J connectivity index is 2.55. The fourth-order valence-corrected chi connectivity index (χ4v) is 2.80. The Labute approximate surface area is 159 Å². The van der Waals surface area contributed by atoms with E-state index in [1.807, 2.05) is 6.92 Å². The number of rotatable bonds is 3. The van der Waals surface area contributed by atoms with Crippen molar-refractivity contribution in [2.45, 2.75) is 25.8 Å². The maximum atomic E-state index is 13.7. The van der Waals surface area contributed by atoms with Crippen LogP contribution in [-0.2, 0) is 10.5 Å². The van der Waals surface area contributed by atoms with Gasteiger partial charge in [-0.25, -0.2) is 0 Å². The number of aliphatic imine (C=N–C) groups is 1. The summed E-state index contributed by atoms with van der Waals surface area (Å²) >= 11 is 11.6. The van der Waals surface area contributed by atoms with Gasteiger partial charge in [0.1, 0.15) is 0 Å². The average molecular weight is 406 g/mol. The lowest BCUT2D eigenvalue weighted by Crippen LogP contribution is -2.46. The van der Waals surface area contributed by atoms with Crippen molar-refractivity contribution >= 4 is 29.1 Å². The number of benzene rings is 2. The Bertz CT molecular complexity index is 833. The van der Waals surface area contributed by atoms with Gasteiger partial charge in [-0.3, -0.25) is 4.99 Å². The molecule has 0 spiro atoms. The van der Waals surface area contributed by atoms with Crippen molar-refractivity contribution in [2.75, 3.05) is 7.05 Å². The monoisotopic (exact) mass is 405 g/mol. The van der Waals surface area contributed by atoms with Crippen LogP contribution in [-0.4, -0.2) is 24.2 Å². The number of hydrogen-bond donors (Lipinski definition) is 1. The van der Waals surface area contributed by atoms with E-state index in [2.05, 4.69) is 4.99 Å². The van der Waals surface area contributed by atoms with Gasteiger partial charge in [-0.15, -0.1) is 0 Å². The molecule has 0 bridgehead atoms. The summed E-state index contributed by atoms with van der Waals surface area (Å²) in [5.41, 5.74) is 1.45. The molecule has 2 aromatic rings. The average Bonchev–Trinajstić information content (AvgIpc) is 2.53. The first kappa shape index (κ1) is 20.6. The van der Waals surface area contributed by atoms with Crippen molar-refractivity contribution in [1.29, 1.82) is 0 Å². The van der Waals surface area contributed by atoms with Crippen LogP contribution >= 0.6 is 23.2 Å². The molecular formula is C18H16Cl2F3NO2. The second-order valence-electron chi connectivity index (χ2n) is 5.73. The van der Waals surface area contributed by atoms with Gasteiger partial charge in [-0.1, -0.05) is 29.3 Å². The van der Waals surface area contributed by atoms with Gasteiger partial charge in [0.15, 0.2) is 0 Å². The molecular weight excluding hydrogens is 390 g/mol. The molecule has 0 heterocycles. The number of alkyl halides is 3. The zero-order valence-electron chi connectivity index (χ0n) is 14.2. The highest BCUT2D eigenvalue weighted by Gasteiger charge is 2.59. The van der Waals surface area contributed by atoms with Crippen LogP contribution in [0.3, 0.4) is 0 Å². The summed E-state index contributed by atoms with van der Waals surface area (Å²) in [7, 11) is 1.27. The van der Waals surface area contributed by atoms with Crippen LogP contribution in [0.2, 0.25) is 10.0 Å². The van der Waals surface area contributed by atoms with Crippen LogP contribution in [0.15, 0.2) is 41.4 Å². The predicted octanol–water partition coefficient (Wildman–Crippen LogP) is 5.41. The quantitative estimate of drug-likeness (QED) is 0.421. The molecule has 3 nitrogen and oxygen atoms in total. The molecule has 1 atom stereocenters. The van der Waals surface area contributed by atoms with E-state index in [0.717, 1.165) is 23.3 Å². The van der Waals surface area contributed by atoms with Crippen molar-refractivity contribution in [1.82, 2.24) is 0 Å². The maximum absolute atomic E-state index is 13.7. The van der Waals surface area contributed by atoms with E-state index in [1.54, 1.807) is 25.1 Å². The number of aryl methyl sites for hydroxylation is 2. The standard InChI is InChI=1S/C18H16Cl2F3NO2/c1-10-4-5-12(6-11(10)2)16(24-3)26-17(25,18(21,22)23)13-7-14(19)9-15(20)8-13/h4-9,25H,1-3H3. The van der Waals surface area contributed by atoms with Crippen molar-refractivity contribution < 1.29 is 23.0 Å². The summed E-state index contributed by atoms with van der Waals surface area (Å²) in [5.74, 6) is -4.04. The van der Waals surface area contributed by atoms with Crippen LogP contribution in [0.4, 0.5) is 13.2 Å². The molecule has 2 rings (SSSR count). The molecule has 0 radical (unpaired) electrons. The van der Waals surface area contributed by atoms with E-state index < -0.39 is 17.5 Å². The molecule has 0 aliphatic heterocycles. The maximum Gasteiger partial charge on any atom is 0.460 e. The van der Waals surface area contributed by atoms with Gasteiger partial charge < -0.3 is 9.84 Å². The molecule has 0 aromatic heterocycles. The number of ether oxygens (including phenoxy) is 1. The minimum atomic E-state index is -5.17. The molecule has 0 aliphatic rings. The van der Waals surface area contributed by atoms with Crippen LogP contribution < -0.4 is 0 Å². The molecule has 0 aliphatic carbocycles. The SMILES string of the molecule is CN=C(OC(O)(c1cc(Cl)cc(Cl)c1)C(F)(F)F)c1ccc(C)c(C)c1. The zero-order chi connectivity index (χ0) is 19.7. The summed E-state index contributed by atoms with van der Waals surface area (Å²) < 4.78 is 46.1. The third-order valence-corrected chi connectivity index (χ3v) is 4.28. The molecule has 1 N–H and O–H groups in total. The van der Waals surface area contributed by atoms with Crippen LogP contribution in [0, 0.1) is 13.8 Å². The summed E-state index contributed by atoms with van der Waals surface area (Å²) in [5, 5.41) is 10.3. The third-order valence-electron chi connectivity index (χ3n) is 3.84. The molecule has 2 aromatic carbocycles. The first-order valence-electron chi connectivity index (χ1n) is 7.47. The highest BCUT2D eigenvalue weighted by molar-refractivity contribution is 6.34. The lowest BCUT2D eigenvalue weighted by atomic mass is 10.0. The highest BCUT2D eigenvalue weighted by Crippen LogP contribution is 2.42. The van der Waals surface area contributed by atoms with Gasteiger partial charge in [-0.05, 0) is 55.3 Å². The highest BCUT2D eigenvalue weighted by atomic mass is 35.5. The normalized spacial score (nSPS) is 14.9. The van der Waals surface area contributed by atoms with E-state index in [9.17, 15) is 18.3 Å². The first-order chi connectivity index (χ1) is 12.0. The second kappa shape index (κ2) is 7.47. The smallest absolute Gasteiger partial charge is 0.432 e. The minimum absolute atomic E-state index is 0.0695. The molecule has 140 valence electrons. The van der Waals surface area contributed by atoms with Crippen LogP contribution in [0.5, 0.6) is 0 Å². The van der Waals surface area contributed by atoms with Crippen molar-refractivity contribution in [3.63, 3.8) is 0 Å². The third kappa shape index (κ3) is 4.14. The number of hydrogen-bond acceptors (Lipinski definition) is 3. The summed E-state index contributed by atoms with van der Waals surface area (Å²) in [6.45, 7) is 3.67. The van der Waals surface area contributed by atoms with Gasteiger partial charge in [-0.2, -0.15) is 13.2 Å². The van der Waals surface area contributed by atoms with Gasteiger partial charge >= 0.3 is 12.0 Å². The summed E-state index contributed by atoms with van der Waals surface area (Å²) in [6.07, 6.45) is -5.17. The number of halogens is 5. The Morgan fingerprint density at radius 3 is 2.04 bits per heavy atom. The Kier molecular flexibility index (Phi) is 5.90. The molecule has 8 heteroatoms. The summed E-state index contributed by atoms with van der Waals surface area (Å²) in [4.78, 5) is 3.77. The molecule has 26 heavy (non-hydrogen) atoms. The molecule has 0 fully saturated rings.